The van der Waals surface area contributed by atoms with Gasteiger partial charge in [0.05, 0.1) is 11.8 Å². The maximum atomic E-state index is 12.2. The quantitative estimate of drug-likeness (QED) is 0.149. The molecule has 7 heteroatoms. The molecule has 0 saturated heterocycles. The predicted octanol–water partition coefficient (Wildman–Crippen LogP) is 5.76. The number of halogens is 1. The van der Waals surface area contributed by atoms with E-state index in [2.05, 4.69) is 10.5 Å². The molecule has 1 amide bonds. The Bertz CT molecular complexity index is 1320. The summed E-state index contributed by atoms with van der Waals surface area (Å²) in [7, 11) is 0. The van der Waals surface area contributed by atoms with E-state index in [0.717, 1.165) is 11.1 Å². The lowest BCUT2D eigenvalue weighted by Gasteiger charge is -2.07. The molecule has 0 saturated carbocycles. The van der Waals surface area contributed by atoms with E-state index in [9.17, 15) is 9.59 Å². The van der Waals surface area contributed by atoms with E-state index in [1.54, 1.807) is 48.5 Å². The summed E-state index contributed by atoms with van der Waals surface area (Å²) in [6, 6.07) is 30.7. The summed E-state index contributed by atoms with van der Waals surface area (Å²) in [5, 5.41) is 4.47. The molecule has 0 atom stereocenters. The molecule has 4 aromatic rings. The van der Waals surface area contributed by atoms with Gasteiger partial charge in [0.2, 0.25) is 0 Å². The lowest BCUT2D eigenvalue weighted by atomic mass is 10.1. The third-order valence-electron chi connectivity index (χ3n) is 4.88. The van der Waals surface area contributed by atoms with Crippen molar-refractivity contribution < 1.29 is 19.1 Å². The summed E-state index contributed by atoms with van der Waals surface area (Å²) in [5.41, 5.74) is 5.61. The number of carbonyl (C=O) groups excluding carboxylic acids is 2. The van der Waals surface area contributed by atoms with Crippen molar-refractivity contribution >= 4 is 29.7 Å². The molecular formula is C28H21ClN2O4. The van der Waals surface area contributed by atoms with Crippen LogP contribution < -0.4 is 14.9 Å². The van der Waals surface area contributed by atoms with Gasteiger partial charge < -0.3 is 9.47 Å². The Morgan fingerprint density at radius 1 is 0.800 bits per heavy atom. The largest absolute Gasteiger partial charge is 0.484 e. The van der Waals surface area contributed by atoms with Crippen LogP contribution in [0.15, 0.2) is 108 Å². The number of nitrogens with one attached hydrogen (secondary N) is 1. The fourth-order valence-corrected chi connectivity index (χ4v) is 3.27. The fraction of sp³-hybridized carbons (Fsp3) is 0.0357. The second-order valence-electron chi connectivity index (χ2n) is 7.44. The highest BCUT2D eigenvalue weighted by atomic mass is 35.5. The number of esters is 1. The summed E-state index contributed by atoms with van der Waals surface area (Å²) in [6.45, 7) is -0.180. The number of carbonyl (C=O) groups is 2. The second-order valence-corrected chi connectivity index (χ2v) is 7.88. The molecule has 0 aromatic heterocycles. The zero-order valence-corrected chi connectivity index (χ0v) is 19.3. The van der Waals surface area contributed by atoms with Crippen LogP contribution in [0.5, 0.6) is 11.5 Å². The van der Waals surface area contributed by atoms with Gasteiger partial charge in [-0.15, -0.1) is 0 Å². The first-order valence-electron chi connectivity index (χ1n) is 10.7. The standard InChI is InChI=1S/C28H21ClN2O4/c29-24-13-9-23(10-14-24)28(33)35-26-8-4-5-20(17-26)18-30-31-27(32)19-34-25-15-11-22(12-16-25)21-6-2-1-3-7-21/h1-18H,19H2,(H,31,32). The Morgan fingerprint density at radius 2 is 1.51 bits per heavy atom. The maximum absolute atomic E-state index is 12.2. The number of hydrogen-bond acceptors (Lipinski definition) is 5. The molecule has 0 fully saturated rings. The molecule has 35 heavy (non-hydrogen) atoms. The lowest BCUT2D eigenvalue weighted by molar-refractivity contribution is -0.123. The molecule has 1 N–H and O–H groups in total. The first kappa shape index (κ1) is 23.7. The van der Waals surface area contributed by atoms with Crippen LogP contribution in [0.4, 0.5) is 0 Å². The maximum Gasteiger partial charge on any atom is 0.343 e. The van der Waals surface area contributed by atoms with Crippen LogP contribution in [0, 0.1) is 0 Å². The molecule has 174 valence electrons. The Morgan fingerprint density at radius 3 is 2.26 bits per heavy atom. The van der Waals surface area contributed by atoms with Gasteiger partial charge in [0.25, 0.3) is 5.91 Å². The Balaban J connectivity index is 1.25. The topological polar surface area (TPSA) is 77.0 Å². The molecule has 4 aromatic carbocycles. The molecule has 0 heterocycles. The third-order valence-corrected chi connectivity index (χ3v) is 5.13. The third kappa shape index (κ3) is 7.03. The van der Waals surface area contributed by atoms with E-state index >= 15 is 0 Å². The van der Waals surface area contributed by atoms with Crippen molar-refractivity contribution in [3.8, 4) is 22.6 Å². The molecule has 0 aliphatic carbocycles. The molecule has 6 nitrogen and oxygen atoms in total. The van der Waals surface area contributed by atoms with Crippen LogP contribution >= 0.6 is 11.6 Å². The highest BCUT2D eigenvalue weighted by Crippen LogP contribution is 2.22. The van der Waals surface area contributed by atoms with Crippen molar-refractivity contribution in [2.24, 2.45) is 5.10 Å². The van der Waals surface area contributed by atoms with Gasteiger partial charge in [0.15, 0.2) is 6.61 Å². The number of ether oxygens (including phenoxy) is 2. The van der Waals surface area contributed by atoms with Crippen LogP contribution in [0.2, 0.25) is 5.02 Å². The normalized spacial score (nSPS) is 10.7. The van der Waals surface area contributed by atoms with Gasteiger partial charge in [-0.3, -0.25) is 4.79 Å². The first-order chi connectivity index (χ1) is 17.1. The zero-order valence-electron chi connectivity index (χ0n) is 18.6. The van der Waals surface area contributed by atoms with Gasteiger partial charge in [-0.05, 0) is 65.2 Å². The Hall–Kier alpha value is -4.42. The molecule has 0 radical (unpaired) electrons. The van der Waals surface area contributed by atoms with Gasteiger partial charge in [-0.2, -0.15) is 5.10 Å². The fourth-order valence-electron chi connectivity index (χ4n) is 3.14. The summed E-state index contributed by atoms with van der Waals surface area (Å²) in [4.78, 5) is 24.3. The van der Waals surface area contributed by atoms with E-state index in [0.29, 0.717) is 27.6 Å². The van der Waals surface area contributed by atoms with Crippen LogP contribution in [0.25, 0.3) is 11.1 Å². The van der Waals surface area contributed by atoms with Crippen molar-refractivity contribution in [3.05, 3.63) is 119 Å². The van der Waals surface area contributed by atoms with Crippen LogP contribution in [0.1, 0.15) is 15.9 Å². The minimum atomic E-state index is -0.502. The number of hydrogen-bond donors (Lipinski definition) is 1. The van der Waals surface area contributed by atoms with Gasteiger partial charge >= 0.3 is 5.97 Å². The zero-order chi connectivity index (χ0) is 24.5. The average molecular weight is 485 g/mol. The SMILES string of the molecule is O=C(COc1ccc(-c2ccccc2)cc1)NN=Cc1cccc(OC(=O)c2ccc(Cl)cc2)c1. The minimum Gasteiger partial charge on any atom is -0.484 e. The van der Waals surface area contributed by atoms with Crippen molar-refractivity contribution in [3.63, 3.8) is 0 Å². The van der Waals surface area contributed by atoms with Gasteiger partial charge in [-0.1, -0.05) is 66.2 Å². The average Bonchev–Trinajstić information content (AvgIpc) is 2.89. The predicted molar refractivity (Wildman–Crippen MR) is 136 cm³/mol. The summed E-state index contributed by atoms with van der Waals surface area (Å²) < 4.78 is 10.9. The first-order valence-corrected chi connectivity index (χ1v) is 11.1. The van der Waals surface area contributed by atoms with Crippen molar-refractivity contribution in [1.29, 1.82) is 0 Å². The number of amides is 1. The number of rotatable bonds is 8. The second kappa shape index (κ2) is 11.6. The van der Waals surface area contributed by atoms with Crippen molar-refractivity contribution in [2.45, 2.75) is 0 Å². The summed E-state index contributed by atoms with van der Waals surface area (Å²) >= 11 is 5.84. The van der Waals surface area contributed by atoms with Crippen molar-refractivity contribution in [1.82, 2.24) is 5.43 Å². The Kier molecular flexibility index (Phi) is 7.88. The summed E-state index contributed by atoms with van der Waals surface area (Å²) in [5.74, 6) is 0.0261. The lowest BCUT2D eigenvalue weighted by Crippen LogP contribution is -2.24. The Labute approximate surface area is 207 Å². The smallest absolute Gasteiger partial charge is 0.343 e. The van der Waals surface area contributed by atoms with E-state index < -0.39 is 11.9 Å². The summed E-state index contributed by atoms with van der Waals surface area (Å²) in [6.07, 6.45) is 1.45. The van der Waals surface area contributed by atoms with E-state index in [-0.39, 0.29) is 6.61 Å². The molecule has 0 spiro atoms. The van der Waals surface area contributed by atoms with E-state index in [4.69, 9.17) is 21.1 Å². The van der Waals surface area contributed by atoms with Crippen LogP contribution in [-0.2, 0) is 4.79 Å². The van der Waals surface area contributed by atoms with Gasteiger partial charge in [-0.25, -0.2) is 10.2 Å². The highest BCUT2D eigenvalue weighted by Gasteiger charge is 2.09. The molecule has 0 aliphatic heterocycles. The van der Waals surface area contributed by atoms with Crippen LogP contribution in [0.3, 0.4) is 0 Å². The van der Waals surface area contributed by atoms with E-state index in [1.807, 2.05) is 54.6 Å². The number of hydrazone groups is 1. The monoisotopic (exact) mass is 484 g/mol. The molecule has 0 aliphatic rings. The molecule has 0 bridgehead atoms. The van der Waals surface area contributed by atoms with Gasteiger partial charge in [0.1, 0.15) is 11.5 Å². The van der Waals surface area contributed by atoms with Crippen molar-refractivity contribution in [2.75, 3.05) is 6.61 Å². The molecule has 4 rings (SSSR count). The van der Waals surface area contributed by atoms with Gasteiger partial charge in [0, 0.05) is 5.02 Å². The molecular weight excluding hydrogens is 464 g/mol. The number of nitrogens with zero attached hydrogens (tertiary/aromatic N) is 1. The van der Waals surface area contributed by atoms with E-state index in [1.165, 1.54) is 6.21 Å². The highest BCUT2D eigenvalue weighted by molar-refractivity contribution is 6.30. The number of benzene rings is 4. The molecule has 0 unspecified atom stereocenters. The minimum absolute atomic E-state index is 0.180. The van der Waals surface area contributed by atoms with Crippen LogP contribution in [-0.4, -0.2) is 24.7 Å².